The Labute approximate surface area is 59.0 Å². The lowest BCUT2D eigenvalue weighted by atomic mass is 10.4. The third kappa shape index (κ3) is 1.28. The van der Waals surface area contributed by atoms with Gasteiger partial charge in [-0.1, -0.05) is 12.7 Å². The maximum Gasteiger partial charge on any atom is 0.181 e. The summed E-state index contributed by atoms with van der Waals surface area (Å²) in [4.78, 5) is 0. The summed E-state index contributed by atoms with van der Waals surface area (Å²) in [6.07, 6.45) is 3.61. The van der Waals surface area contributed by atoms with Crippen molar-refractivity contribution in [3.05, 3.63) is 24.6 Å². The van der Waals surface area contributed by atoms with Gasteiger partial charge >= 0.3 is 0 Å². The van der Waals surface area contributed by atoms with Gasteiger partial charge in [0.2, 0.25) is 0 Å². The van der Waals surface area contributed by atoms with Gasteiger partial charge in [-0.15, -0.1) is 10.2 Å². The molecule has 0 saturated heterocycles. The Morgan fingerprint density at radius 1 is 1.60 bits per heavy atom. The van der Waals surface area contributed by atoms with E-state index in [1.54, 1.807) is 6.20 Å². The standard InChI is InChI=1S/C6H8N4/c1-3-4-7-6-5(2)8-10-9-6/h3-4H,2H2,1H3,(H,7,8,9). The van der Waals surface area contributed by atoms with Crippen molar-refractivity contribution in [2.75, 3.05) is 0 Å². The van der Waals surface area contributed by atoms with Gasteiger partial charge in [-0.25, -0.2) is 0 Å². The van der Waals surface area contributed by atoms with Crippen LogP contribution in [0.3, 0.4) is 0 Å². The largest absolute Gasteiger partial charge is 0.344 e. The molecular weight excluding hydrogens is 128 g/mol. The minimum absolute atomic E-state index is 0.568. The van der Waals surface area contributed by atoms with Gasteiger partial charge in [-0.3, -0.25) is 0 Å². The Balaban J connectivity index is 2.52. The van der Waals surface area contributed by atoms with E-state index in [1.165, 1.54) is 0 Å². The van der Waals surface area contributed by atoms with E-state index in [4.69, 9.17) is 0 Å². The average Bonchev–Trinajstić information content (AvgIpc) is 2.31. The highest BCUT2D eigenvalue weighted by atomic mass is 15.4. The van der Waals surface area contributed by atoms with E-state index in [0.29, 0.717) is 11.5 Å². The van der Waals surface area contributed by atoms with Gasteiger partial charge in [0.15, 0.2) is 5.84 Å². The molecule has 1 rings (SSSR count). The van der Waals surface area contributed by atoms with E-state index in [-0.39, 0.29) is 0 Å². The van der Waals surface area contributed by atoms with Crippen LogP contribution in [0.1, 0.15) is 6.92 Å². The molecule has 1 heterocycles. The fraction of sp³-hybridized carbons (Fsp3) is 0.167. The SMILES string of the molecule is C=C1N=NN=C1NC=CC. The Kier molecular flexibility index (Phi) is 1.94. The lowest BCUT2D eigenvalue weighted by Gasteiger charge is -1.94. The van der Waals surface area contributed by atoms with Gasteiger partial charge in [0, 0.05) is 0 Å². The van der Waals surface area contributed by atoms with Crippen LogP contribution in [-0.4, -0.2) is 5.84 Å². The maximum absolute atomic E-state index is 3.67. The summed E-state index contributed by atoms with van der Waals surface area (Å²) in [7, 11) is 0. The van der Waals surface area contributed by atoms with Crippen LogP contribution >= 0.6 is 0 Å². The molecular formula is C6H8N4. The highest BCUT2D eigenvalue weighted by Gasteiger charge is 2.05. The predicted octanol–water partition coefficient (Wildman–Crippen LogP) is 1.40. The summed E-state index contributed by atoms with van der Waals surface area (Å²) in [5.74, 6) is 0.609. The van der Waals surface area contributed by atoms with Gasteiger partial charge in [0.25, 0.3) is 0 Å². The maximum atomic E-state index is 3.67. The van der Waals surface area contributed by atoms with Crippen molar-refractivity contribution in [2.24, 2.45) is 15.4 Å². The molecule has 0 unspecified atom stereocenters. The van der Waals surface area contributed by atoms with Crippen molar-refractivity contribution >= 4 is 5.84 Å². The van der Waals surface area contributed by atoms with Crippen LogP contribution in [-0.2, 0) is 0 Å². The van der Waals surface area contributed by atoms with E-state index in [9.17, 15) is 0 Å². The molecule has 4 heteroatoms. The molecule has 0 fully saturated rings. The van der Waals surface area contributed by atoms with E-state index >= 15 is 0 Å². The van der Waals surface area contributed by atoms with E-state index in [2.05, 4.69) is 27.3 Å². The lowest BCUT2D eigenvalue weighted by Crippen LogP contribution is -2.15. The Hall–Kier alpha value is -1.45. The number of hydrogen-bond donors (Lipinski definition) is 1. The minimum atomic E-state index is 0.568. The van der Waals surface area contributed by atoms with Crippen LogP contribution in [0.2, 0.25) is 0 Å². The molecule has 1 aliphatic heterocycles. The third-order valence-electron chi connectivity index (χ3n) is 0.970. The fourth-order valence-electron chi connectivity index (χ4n) is 0.501. The monoisotopic (exact) mass is 136 g/mol. The van der Waals surface area contributed by atoms with Crippen LogP contribution in [0.25, 0.3) is 0 Å². The topological polar surface area (TPSA) is 49.1 Å². The average molecular weight is 136 g/mol. The van der Waals surface area contributed by atoms with Gasteiger partial charge in [0.05, 0.1) is 0 Å². The summed E-state index contributed by atoms with van der Waals surface area (Å²) in [5, 5.41) is 13.5. The molecule has 0 radical (unpaired) electrons. The number of nitrogens with zero attached hydrogens (tertiary/aromatic N) is 3. The number of nitrogens with one attached hydrogen (secondary N) is 1. The highest BCUT2D eigenvalue weighted by Crippen LogP contribution is 2.03. The first kappa shape index (κ1) is 6.67. The molecule has 0 aromatic carbocycles. The number of amidine groups is 1. The third-order valence-corrected chi connectivity index (χ3v) is 0.970. The van der Waals surface area contributed by atoms with Crippen molar-refractivity contribution in [2.45, 2.75) is 6.92 Å². The zero-order valence-corrected chi connectivity index (χ0v) is 5.70. The quantitative estimate of drug-likeness (QED) is 0.582. The van der Waals surface area contributed by atoms with Crippen LogP contribution in [0.5, 0.6) is 0 Å². The number of allylic oxidation sites excluding steroid dienone is 1. The minimum Gasteiger partial charge on any atom is -0.344 e. The van der Waals surface area contributed by atoms with Crippen molar-refractivity contribution in [3.63, 3.8) is 0 Å². The first-order valence-electron chi connectivity index (χ1n) is 2.90. The first-order valence-corrected chi connectivity index (χ1v) is 2.90. The second kappa shape index (κ2) is 2.91. The first-order chi connectivity index (χ1) is 4.84. The molecule has 0 aromatic heterocycles. The molecule has 0 amide bonds. The predicted molar refractivity (Wildman–Crippen MR) is 39.4 cm³/mol. The Morgan fingerprint density at radius 3 is 2.90 bits per heavy atom. The molecule has 10 heavy (non-hydrogen) atoms. The van der Waals surface area contributed by atoms with Crippen LogP contribution in [0, 0.1) is 0 Å². The molecule has 4 nitrogen and oxygen atoms in total. The van der Waals surface area contributed by atoms with Gasteiger partial charge < -0.3 is 5.32 Å². The second-order valence-corrected chi connectivity index (χ2v) is 1.73. The molecule has 0 spiro atoms. The number of rotatable bonds is 1. The van der Waals surface area contributed by atoms with Crippen molar-refractivity contribution in [1.82, 2.24) is 5.32 Å². The van der Waals surface area contributed by atoms with Crippen molar-refractivity contribution in [3.8, 4) is 0 Å². The van der Waals surface area contributed by atoms with Crippen LogP contribution < -0.4 is 5.32 Å². The fourth-order valence-corrected chi connectivity index (χ4v) is 0.501. The summed E-state index contributed by atoms with van der Waals surface area (Å²) in [6.45, 7) is 5.50. The molecule has 0 bridgehead atoms. The molecule has 52 valence electrons. The van der Waals surface area contributed by atoms with Crippen LogP contribution in [0.15, 0.2) is 40.0 Å². The van der Waals surface area contributed by atoms with Crippen LogP contribution in [0.4, 0.5) is 0 Å². The zero-order chi connectivity index (χ0) is 7.40. The van der Waals surface area contributed by atoms with E-state index in [1.807, 2.05) is 13.0 Å². The normalized spacial score (nSPS) is 16.5. The van der Waals surface area contributed by atoms with Crippen molar-refractivity contribution < 1.29 is 0 Å². The molecule has 0 aromatic rings. The smallest absolute Gasteiger partial charge is 0.181 e. The van der Waals surface area contributed by atoms with Gasteiger partial charge in [0.1, 0.15) is 5.70 Å². The molecule has 1 aliphatic rings. The second-order valence-electron chi connectivity index (χ2n) is 1.73. The Morgan fingerprint density at radius 2 is 2.40 bits per heavy atom. The summed E-state index contributed by atoms with van der Waals surface area (Å²) in [6, 6.07) is 0. The van der Waals surface area contributed by atoms with Crippen molar-refractivity contribution in [1.29, 1.82) is 0 Å². The Bertz CT molecular complexity index is 224. The summed E-state index contributed by atoms with van der Waals surface area (Å²) >= 11 is 0. The van der Waals surface area contributed by atoms with Gasteiger partial charge in [-0.05, 0) is 18.3 Å². The van der Waals surface area contributed by atoms with E-state index in [0.717, 1.165) is 0 Å². The molecule has 0 atom stereocenters. The zero-order valence-electron chi connectivity index (χ0n) is 5.70. The van der Waals surface area contributed by atoms with Gasteiger partial charge in [-0.2, -0.15) is 0 Å². The molecule has 0 saturated carbocycles. The number of hydrogen-bond acceptors (Lipinski definition) is 4. The molecule has 0 aliphatic carbocycles. The molecule has 1 N–H and O–H groups in total. The summed E-state index contributed by atoms with van der Waals surface area (Å²) in [5.41, 5.74) is 0.568. The lowest BCUT2D eigenvalue weighted by molar-refractivity contribution is 1.09. The van der Waals surface area contributed by atoms with E-state index < -0.39 is 0 Å². The highest BCUT2D eigenvalue weighted by molar-refractivity contribution is 5.98. The summed E-state index contributed by atoms with van der Waals surface area (Å²) < 4.78 is 0.